The first kappa shape index (κ1) is 17.8. The van der Waals surface area contributed by atoms with Crippen molar-refractivity contribution in [1.82, 2.24) is 0 Å². The lowest BCUT2D eigenvalue weighted by molar-refractivity contribution is -0.146. The molecule has 0 amide bonds. The molecule has 0 saturated heterocycles. The smallest absolute Gasteiger partial charge is 0.305 e. The van der Waals surface area contributed by atoms with E-state index in [0.717, 1.165) is 12.2 Å². The van der Waals surface area contributed by atoms with Crippen LogP contribution in [0.5, 0.6) is 5.75 Å². The standard InChI is InChI=1S/C9H10N2O.C6H12O2/c1-2-11-8-3-4-9(12)7(5-8)6-10;1-4-6(7)8-5(2)3/h3-5,11-12H,2H2,1H3;5H,4H2,1-3H3. The second-order valence-electron chi connectivity index (χ2n) is 4.27. The zero-order valence-electron chi connectivity index (χ0n) is 12.4. The Bertz CT molecular complexity index is 465. The first-order valence-electron chi connectivity index (χ1n) is 6.61. The van der Waals surface area contributed by atoms with Crippen LogP contribution in [0.1, 0.15) is 39.7 Å². The lowest BCUT2D eigenvalue weighted by Crippen LogP contribution is -2.09. The minimum absolute atomic E-state index is 0.0270. The number of hydrogen-bond donors (Lipinski definition) is 2. The van der Waals surface area contributed by atoms with Crippen molar-refractivity contribution in [2.24, 2.45) is 0 Å². The van der Waals surface area contributed by atoms with Crippen molar-refractivity contribution in [1.29, 1.82) is 5.26 Å². The number of ether oxygens (including phenoxy) is 1. The van der Waals surface area contributed by atoms with Crippen molar-refractivity contribution < 1.29 is 14.6 Å². The second kappa shape index (κ2) is 9.68. The second-order valence-corrected chi connectivity index (χ2v) is 4.27. The molecule has 0 radical (unpaired) electrons. The predicted octanol–water partition coefficient (Wildman–Crippen LogP) is 3.04. The fourth-order valence-electron chi connectivity index (χ4n) is 1.29. The van der Waals surface area contributed by atoms with E-state index >= 15 is 0 Å². The molecule has 0 bridgehead atoms. The molecule has 1 aromatic rings. The number of carbonyl (C=O) groups is 1. The van der Waals surface area contributed by atoms with Crippen molar-refractivity contribution in [3.63, 3.8) is 0 Å². The third-order valence-electron chi connectivity index (χ3n) is 2.15. The van der Waals surface area contributed by atoms with Gasteiger partial charge < -0.3 is 15.2 Å². The van der Waals surface area contributed by atoms with Gasteiger partial charge in [0.15, 0.2) is 0 Å². The molecular weight excluding hydrogens is 256 g/mol. The molecule has 0 spiro atoms. The highest BCUT2D eigenvalue weighted by Gasteiger charge is 2.00. The van der Waals surface area contributed by atoms with E-state index in [2.05, 4.69) is 5.32 Å². The number of hydrogen-bond acceptors (Lipinski definition) is 5. The Morgan fingerprint density at radius 3 is 2.50 bits per heavy atom. The molecule has 20 heavy (non-hydrogen) atoms. The Morgan fingerprint density at radius 1 is 1.45 bits per heavy atom. The third-order valence-corrected chi connectivity index (χ3v) is 2.15. The van der Waals surface area contributed by atoms with Gasteiger partial charge in [-0.25, -0.2) is 0 Å². The Morgan fingerprint density at radius 2 is 2.10 bits per heavy atom. The topological polar surface area (TPSA) is 82.3 Å². The average molecular weight is 278 g/mol. The Balaban J connectivity index is 0.000000396. The normalized spacial score (nSPS) is 9.20. The number of nitriles is 1. The van der Waals surface area contributed by atoms with Crippen LogP contribution in [0.15, 0.2) is 18.2 Å². The van der Waals surface area contributed by atoms with Gasteiger partial charge in [0.25, 0.3) is 0 Å². The molecule has 1 aromatic carbocycles. The quantitative estimate of drug-likeness (QED) is 0.653. The van der Waals surface area contributed by atoms with Crippen molar-refractivity contribution in [3.05, 3.63) is 23.8 Å². The minimum Gasteiger partial charge on any atom is -0.507 e. The molecule has 0 fully saturated rings. The van der Waals surface area contributed by atoms with Gasteiger partial charge >= 0.3 is 5.97 Å². The molecule has 110 valence electrons. The Hall–Kier alpha value is -2.22. The van der Waals surface area contributed by atoms with E-state index in [4.69, 9.17) is 15.1 Å². The van der Waals surface area contributed by atoms with E-state index in [-0.39, 0.29) is 17.8 Å². The van der Waals surface area contributed by atoms with Crippen LogP contribution in [0.4, 0.5) is 5.69 Å². The number of esters is 1. The van der Waals surface area contributed by atoms with Crippen LogP contribution in [0, 0.1) is 11.3 Å². The zero-order chi connectivity index (χ0) is 15.5. The van der Waals surface area contributed by atoms with Crippen LogP contribution in [0.25, 0.3) is 0 Å². The number of carbonyl (C=O) groups excluding carboxylic acids is 1. The summed E-state index contributed by atoms with van der Waals surface area (Å²) in [6.45, 7) is 8.24. The van der Waals surface area contributed by atoms with Gasteiger partial charge in [-0.2, -0.15) is 5.26 Å². The lowest BCUT2D eigenvalue weighted by atomic mass is 10.2. The lowest BCUT2D eigenvalue weighted by Gasteiger charge is -2.04. The van der Waals surface area contributed by atoms with E-state index < -0.39 is 0 Å². The van der Waals surface area contributed by atoms with Gasteiger partial charge in [-0.1, -0.05) is 6.92 Å². The number of phenolic OH excluding ortho intramolecular Hbond substituents is 1. The highest BCUT2D eigenvalue weighted by atomic mass is 16.5. The van der Waals surface area contributed by atoms with Crippen LogP contribution >= 0.6 is 0 Å². The largest absolute Gasteiger partial charge is 0.507 e. The van der Waals surface area contributed by atoms with Gasteiger partial charge in [-0.15, -0.1) is 0 Å². The maximum absolute atomic E-state index is 10.4. The Labute approximate surface area is 120 Å². The highest BCUT2D eigenvalue weighted by molar-refractivity contribution is 5.68. The van der Waals surface area contributed by atoms with Crippen molar-refractivity contribution in [3.8, 4) is 11.8 Å². The molecule has 1 rings (SSSR count). The summed E-state index contributed by atoms with van der Waals surface area (Å²) in [6.07, 6.45) is 0.500. The van der Waals surface area contributed by atoms with Crippen LogP contribution in [-0.2, 0) is 9.53 Å². The number of phenols is 1. The fraction of sp³-hybridized carbons (Fsp3) is 0.467. The third kappa shape index (κ3) is 7.27. The number of anilines is 1. The molecule has 0 aromatic heterocycles. The summed E-state index contributed by atoms with van der Waals surface area (Å²) in [4.78, 5) is 10.4. The molecular formula is C15H22N2O3. The van der Waals surface area contributed by atoms with Crippen molar-refractivity contribution in [2.45, 2.75) is 40.2 Å². The summed E-state index contributed by atoms with van der Waals surface area (Å²) in [5.74, 6) is -0.0980. The molecule has 0 aliphatic heterocycles. The number of aromatic hydroxyl groups is 1. The summed E-state index contributed by atoms with van der Waals surface area (Å²) in [7, 11) is 0. The SMILES string of the molecule is CCC(=O)OC(C)C.CCNc1ccc(O)c(C#N)c1. The summed E-state index contributed by atoms with van der Waals surface area (Å²) in [5, 5.41) is 20.8. The number of nitrogens with zero attached hydrogens (tertiary/aromatic N) is 1. The molecule has 0 aliphatic carbocycles. The van der Waals surface area contributed by atoms with E-state index in [1.54, 1.807) is 19.1 Å². The molecule has 0 unspecified atom stereocenters. The van der Waals surface area contributed by atoms with E-state index in [9.17, 15) is 4.79 Å². The van der Waals surface area contributed by atoms with E-state index in [1.165, 1.54) is 6.07 Å². The van der Waals surface area contributed by atoms with Gasteiger partial charge in [0.05, 0.1) is 11.7 Å². The highest BCUT2D eigenvalue weighted by Crippen LogP contribution is 2.19. The molecule has 0 atom stereocenters. The van der Waals surface area contributed by atoms with E-state index in [0.29, 0.717) is 12.0 Å². The minimum atomic E-state index is -0.125. The van der Waals surface area contributed by atoms with Crippen LogP contribution in [0.3, 0.4) is 0 Å². The molecule has 0 heterocycles. The van der Waals surface area contributed by atoms with Gasteiger partial charge in [-0.05, 0) is 39.0 Å². The first-order valence-corrected chi connectivity index (χ1v) is 6.61. The Kier molecular flexibility index (Phi) is 8.60. The average Bonchev–Trinajstić information content (AvgIpc) is 2.41. The van der Waals surface area contributed by atoms with Gasteiger partial charge in [-0.3, -0.25) is 4.79 Å². The van der Waals surface area contributed by atoms with Crippen molar-refractivity contribution in [2.75, 3.05) is 11.9 Å². The summed E-state index contributed by atoms with van der Waals surface area (Å²) >= 11 is 0. The number of rotatable bonds is 4. The van der Waals surface area contributed by atoms with Crippen LogP contribution in [-0.4, -0.2) is 23.7 Å². The maximum atomic E-state index is 10.4. The molecule has 2 N–H and O–H groups in total. The monoisotopic (exact) mass is 278 g/mol. The number of nitrogens with one attached hydrogen (secondary N) is 1. The van der Waals surface area contributed by atoms with Gasteiger partial charge in [0.2, 0.25) is 0 Å². The molecule has 0 aliphatic rings. The maximum Gasteiger partial charge on any atom is 0.305 e. The number of benzene rings is 1. The van der Waals surface area contributed by atoms with Gasteiger partial charge in [0, 0.05) is 18.7 Å². The predicted molar refractivity (Wildman–Crippen MR) is 78.5 cm³/mol. The van der Waals surface area contributed by atoms with Gasteiger partial charge in [0.1, 0.15) is 11.8 Å². The summed E-state index contributed by atoms with van der Waals surface area (Å²) in [5.41, 5.74) is 1.15. The summed E-state index contributed by atoms with van der Waals surface area (Å²) < 4.78 is 4.76. The summed E-state index contributed by atoms with van der Waals surface area (Å²) in [6, 6.07) is 6.77. The van der Waals surface area contributed by atoms with E-state index in [1.807, 2.05) is 26.8 Å². The van der Waals surface area contributed by atoms with Crippen molar-refractivity contribution >= 4 is 11.7 Å². The molecule has 5 nitrogen and oxygen atoms in total. The first-order chi connectivity index (χ1) is 9.44. The fourth-order valence-corrected chi connectivity index (χ4v) is 1.29. The molecule has 0 saturated carbocycles. The zero-order valence-corrected chi connectivity index (χ0v) is 12.4. The molecule has 5 heteroatoms. The van der Waals surface area contributed by atoms with Crippen LogP contribution in [0.2, 0.25) is 0 Å². The van der Waals surface area contributed by atoms with Crippen LogP contribution < -0.4 is 5.32 Å².